The summed E-state index contributed by atoms with van der Waals surface area (Å²) in [6.45, 7) is 15.3. The van der Waals surface area contributed by atoms with Crippen molar-refractivity contribution in [2.75, 3.05) is 19.6 Å². The monoisotopic (exact) mass is 258 g/mol. The predicted octanol–water partition coefficient (Wildman–Crippen LogP) is 3.16. The molecule has 1 aromatic carbocycles. The third-order valence-electron chi connectivity index (χ3n) is 3.98. The molecule has 19 heavy (non-hydrogen) atoms. The molecule has 1 atom stereocenters. The van der Waals surface area contributed by atoms with Crippen LogP contribution in [0.5, 0.6) is 0 Å². The maximum absolute atomic E-state index is 4.02. The lowest BCUT2D eigenvalue weighted by Crippen LogP contribution is -2.57. The van der Waals surface area contributed by atoms with Crippen molar-refractivity contribution < 1.29 is 0 Å². The molecule has 1 unspecified atom stereocenters. The van der Waals surface area contributed by atoms with Gasteiger partial charge in [-0.05, 0) is 26.3 Å². The van der Waals surface area contributed by atoms with E-state index in [-0.39, 0.29) is 5.54 Å². The van der Waals surface area contributed by atoms with Gasteiger partial charge in [0.2, 0.25) is 0 Å². The van der Waals surface area contributed by atoms with Crippen molar-refractivity contribution in [3.63, 3.8) is 0 Å². The smallest absolute Gasteiger partial charge is 0.0407 e. The molecule has 2 rings (SSSR count). The number of rotatable bonds is 3. The van der Waals surface area contributed by atoms with Crippen LogP contribution in [0.4, 0.5) is 0 Å². The quantitative estimate of drug-likeness (QED) is 0.768. The van der Waals surface area contributed by atoms with Crippen LogP contribution in [0.3, 0.4) is 0 Å². The molecule has 0 radical (unpaired) electrons. The van der Waals surface area contributed by atoms with Crippen molar-refractivity contribution in [1.29, 1.82) is 0 Å². The molecular weight excluding hydrogens is 232 g/mol. The van der Waals surface area contributed by atoms with Crippen LogP contribution in [0.25, 0.3) is 0 Å². The molecule has 0 amide bonds. The maximum Gasteiger partial charge on any atom is 0.0407 e. The van der Waals surface area contributed by atoms with Crippen LogP contribution >= 0.6 is 0 Å². The molecule has 2 heteroatoms. The van der Waals surface area contributed by atoms with E-state index >= 15 is 0 Å². The van der Waals surface area contributed by atoms with Crippen molar-refractivity contribution >= 4 is 0 Å². The van der Waals surface area contributed by atoms with Crippen molar-refractivity contribution in [2.24, 2.45) is 0 Å². The van der Waals surface area contributed by atoms with E-state index < -0.39 is 0 Å². The molecule has 2 nitrogen and oxygen atoms in total. The summed E-state index contributed by atoms with van der Waals surface area (Å²) >= 11 is 0. The highest BCUT2D eigenvalue weighted by atomic mass is 15.3. The molecule has 0 aliphatic carbocycles. The number of nitrogens with zero attached hydrogens (tertiary/aromatic N) is 2. The van der Waals surface area contributed by atoms with Crippen molar-refractivity contribution in [1.82, 2.24) is 9.80 Å². The highest BCUT2D eigenvalue weighted by Gasteiger charge is 2.30. The van der Waals surface area contributed by atoms with E-state index in [0.29, 0.717) is 6.04 Å². The molecular formula is C17H26N2. The average Bonchev–Trinajstić information content (AvgIpc) is 2.39. The highest BCUT2D eigenvalue weighted by Crippen LogP contribution is 2.21. The van der Waals surface area contributed by atoms with E-state index in [1.54, 1.807) is 0 Å². The second-order valence-corrected chi connectivity index (χ2v) is 6.38. The Morgan fingerprint density at radius 3 is 2.47 bits per heavy atom. The molecule has 1 fully saturated rings. The van der Waals surface area contributed by atoms with Gasteiger partial charge in [-0.2, -0.15) is 0 Å². The molecule has 0 saturated carbocycles. The Hall–Kier alpha value is -1.12. The van der Waals surface area contributed by atoms with Gasteiger partial charge in [-0.3, -0.25) is 9.80 Å². The predicted molar refractivity (Wildman–Crippen MR) is 82.2 cm³/mol. The SMILES string of the molecule is C=CC1CN(C(C)(C)C)CCN1Cc1ccccc1. The van der Waals surface area contributed by atoms with Crippen LogP contribution in [0, 0.1) is 0 Å². The van der Waals surface area contributed by atoms with Crippen LogP contribution < -0.4 is 0 Å². The Morgan fingerprint density at radius 2 is 1.89 bits per heavy atom. The van der Waals surface area contributed by atoms with Crippen molar-refractivity contribution in [3.05, 3.63) is 48.6 Å². The van der Waals surface area contributed by atoms with Gasteiger partial charge in [0.25, 0.3) is 0 Å². The molecule has 0 bridgehead atoms. The van der Waals surface area contributed by atoms with Gasteiger partial charge in [0.1, 0.15) is 0 Å². The lowest BCUT2D eigenvalue weighted by molar-refractivity contribution is 0.0345. The first kappa shape index (κ1) is 14.3. The normalized spacial score (nSPS) is 22.4. The molecule has 104 valence electrons. The van der Waals surface area contributed by atoms with Crippen molar-refractivity contribution in [3.8, 4) is 0 Å². The Bertz CT molecular complexity index is 405. The molecule has 1 aliphatic heterocycles. The molecule has 0 spiro atoms. The minimum atomic E-state index is 0.250. The fourth-order valence-electron chi connectivity index (χ4n) is 2.69. The zero-order valence-corrected chi connectivity index (χ0v) is 12.5. The Morgan fingerprint density at radius 1 is 1.21 bits per heavy atom. The zero-order valence-electron chi connectivity index (χ0n) is 12.5. The average molecular weight is 258 g/mol. The molecule has 1 heterocycles. The van der Waals surface area contributed by atoms with Gasteiger partial charge >= 0.3 is 0 Å². The van der Waals surface area contributed by atoms with Gasteiger partial charge in [0.05, 0.1) is 0 Å². The van der Waals surface area contributed by atoms with Gasteiger partial charge in [0, 0.05) is 37.8 Å². The zero-order chi connectivity index (χ0) is 13.9. The van der Waals surface area contributed by atoms with E-state index in [2.05, 4.69) is 73.6 Å². The van der Waals surface area contributed by atoms with Gasteiger partial charge in [-0.25, -0.2) is 0 Å². The lowest BCUT2D eigenvalue weighted by atomic mass is 10.0. The first-order valence-electron chi connectivity index (χ1n) is 7.16. The fourth-order valence-corrected chi connectivity index (χ4v) is 2.69. The molecule has 0 N–H and O–H groups in total. The van der Waals surface area contributed by atoms with Crippen LogP contribution in [0.15, 0.2) is 43.0 Å². The maximum atomic E-state index is 4.02. The summed E-state index contributed by atoms with van der Waals surface area (Å²) in [5.41, 5.74) is 1.64. The summed E-state index contributed by atoms with van der Waals surface area (Å²) in [6, 6.07) is 11.2. The van der Waals surface area contributed by atoms with E-state index in [0.717, 1.165) is 26.2 Å². The van der Waals surface area contributed by atoms with Crippen molar-refractivity contribution in [2.45, 2.75) is 38.9 Å². The third kappa shape index (κ3) is 3.68. The molecule has 1 saturated heterocycles. The third-order valence-corrected chi connectivity index (χ3v) is 3.98. The largest absolute Gasteiger partial charge is 0.295 e. The molecule has 0 aromatic heterocycles. The van der Waals surface area contributed by atoms with E-state index in [4.69, 9.17) is 0 Å². The van der Waals surface area contributed by atoms with Gasteiger partial charge < -0.3 is 0 Å². The summed E-state index contributed by atoms with van der Waals surface area (Å²) in [5.74, 6) is 0. The van der Waals surface area contributed by atoms with E-state index in [9.17, 15) is 0 Å². The van der Waals surface area contributed by atoms with Gasteiger partial charge in [0.15, 0.2) is 0 Å². The number of benzene rings is 1. The Balaban J connectivity index is 2.02. The van der Waals surface area contributed by atoms with E-state index in [1.165, 1.54) is 5.56 Å². The summed E-state index contributed by atoms with van der Waals surface area (Å²) in [6.07, 6.45) is 2.10. The minimum Gasteiger partial charge on any atom is -0.295 e. The minimum absolute atomic E-state index is 0.250. The first-order chi connectivity index (χ1) is 9.00. The summed E-state index contributed by atoms with van der Waals surface area (Å²) in [7, 11) is 0. The number of piperazine rings is 1. The summed E-state index contributed by atoms with van der Waals surface area (Å²) in [4.78, 5) is 5.09. The standard InChI is InChI=1S/C17H26N2/c1-5-16-14-19(17(2,3)4)12-11-18(16)13-15-9-7-6-8-10-15/h5-10,16H,1,11-14H2,2-4H3. The topological polar surface area (TPSA) is 6.48 Å². The Kier molecular flexibility index (Phi) is 4.43. The molecule has 1 aromatic rings. The van der Waals surface area contributed by atoms with Crippen LogP contribution in [0.2, 0.25) is 0 Å². The number of hydrogen-bond acceptors (Lipinski definition) is 2. The Labute approximate surface area is 117 Å². The first-order valence-corrected chi connectivity index (χ1v) is 7.16. The van der Waals surface area contributed by atoms with E-state index in [1.807, 2.05) is 0 Å². The summed E-state index contributed by atoms with van der Waals surface area (Å²) < 4.78 is 0. The lowest BCUT2D eigenvalue weighted by Gasteiger charge is -2.46. The van der Waals surface area contributed by atoms with Crippen LogP contribution in [0.1, 0.15) is 26.3 Å². The highest BCUT2D eigenvalue weighted by molar-refractivity contribution is 5.15. The fraction of sp³-hybridized carbons (Fsp3) is 0.529. The van der Waals surface area contributed by atoms with Crippen LogP contribution in [-0.2, 0) is 6.54 Å². The summed E-state index contributed by atoms with van der Waals surface area (Å²) in [5, 5.41) is 0. The molecule has 1 aliphatic rings. The van der Waals surface area contributed by atoms with Crippen LogP contribution in [-0.4, -0.2) is 41.0 Å². The van der Waals surface area contributed by atoms with Gasteiger partial charge in [-0.15, -0.1) is 6.58 Å². The second-order valence-electron chi connectivity index (χ2n) is 6.38. The van der Waals surface area contributed by atoms with Gasteiger partial charge in [-0.1, -0.05) is 36.4 Å². The number of hydrogen-bond donors (Lipinski definition) is 0. The second kappa shape index (κ2) is 5.89.